The number of carbonyl (C=O) groups excluding carboxylic acids is 1. The highest BCUT2D eigenvalue weighted by atomic mass is 35.5. The van der Waals surface area contributed by atoms with Gasteiger partial charge in [0.05, 0.1) is 5.69 Å². The molecule has 2 heterocycles. The normalized spacial score (nSPS) is 12.1. The average Bonchev–Trinajstić information content (AvgIpc) is 2.99. The molecule has 3 aromatic rings. The highest BCUT2D eigenvalue weighted by molar-refractivity contribution is 6.30. The molecule has 0 saturated carbocycles. The molecule has 2 N–H and O–H groups in total. The van der Waals surface area contributed by atoms with E-state index in [1.807, 2.05) is 37.3 Å². The number of carboxylic acid groups (broad SMARTS) is 1. The molecule has 26 heavy (non-hydrogen) atoms. The Kier molecular flexibility index (Phi) is 5.23. The molecule has 0 fully saturated rings. The van der Waals surface area contributed by atoms with E-state index in [9.17, 15) is 14.7 Å². The Morgan fingerprint density at radius 1 is 1.27 bits per heavy atom. The smallest absolute Gasteiger partial charge is 0.326 e. The maximum absolute atomic E-state index is 12.8. The fourth-order valence-electron chi connectivity index (χ4n) is 2.83. The fraction of sp³-hybridized carbons (Fsp3) is 0.211. The third kappa shape index (κ3) is 3.70. The predicted molar refractivity (Wildman–Crippen MR) is 98.6 cm³/mol. The van der Waals surface area contributed by atoms with Crippen molar-refractivity contribution in [3.8, 4) is 0 Å². The zero-order chi connectivity index (χ0) is 18.7. The topological polar surface area (TPSA) is 83.7 Å². The van der Waals surface area contributed by atoms with Gasteiger partial charge in [-0.05, 0) is 18.1 Å². The van der Waals surface area contributed by atoms with E-state index in [1.165, 1.54) is 0 Å². The van der Waals surface area contributed by atoms with E-state index in [0.717, 1.165) is 5.56 Å². The Balaban J connectivity index is 1.90. The molecule has 3 rings (SSSR count). The summed E-state index contributed by atoms with van der Waals surface area (Å²) >= 11 is 5.99. The van der Waals surface area contributed by atoms with Crippen molar-refractivity contribution in [1.29, 1.82) is 0 Å². The van der Waals surface area contributed by atoms with Crippen LogP contribution in [-0.2, 0) is 17.6 Å². The van der Waals surface area contributed by atoms with Crippen molar-refractivity contribution >= 4 is 29.1 Å². The minimum Gasteiger partial charge on any atom is -0.480 e. The lowest BCUT2D eigenvalue weighted by Gasteiger charge is -2.15. The van der Waals surface area contributed by atoms with E-state index in [-0.39, 0.29) is 6.42 Å². The summed E-state index contributed by atoms with van der Waals surface area (Å²) in [7, 11) is 0. The van der Waals surface area contributed by atoms with E-state index in [1.54, 1.807) is 22.7 Å². The number of nitrogens with zero attached hydrogens (tertiary/aromatic N) is 2. The number of aromatic nitrogens is 2. The number of hydrogen-bond acceptors (Lipinski definition) is 3. The number of halogens is 1. The monoisotopic (exact) mass is 371 g/mol. The number of aliphatic carboxylic acids is 1. The second-order valence-corrected chi connectivity index (χ2v) is 6.32. The number of fused-ring (bicyclic) bond motifs is 1. The summed E-state index contributed by atoms with van der Waals surface area (Å²) in [5, 5.41) is 12.6. The summed E-state index contributed by atoms with van der Waals surface area (Å²) in [4.78, 5) is 28.9. The Hall–Kier alpha value is -2.86. The molecular weight excluding hydrogens is 354 g/mol. The zero-order valence-electron chi connectivity index (χ0n) is 14.1. The van der Waals surface area contributed by atoms with Gasteiger partial charge in [-0.25, -0.2) is 9.78 Å². The number of hydrogen-bond donors (Lipinski definition) is 2. The van der Waals surface area contributed by atoms with Gasteiger partial charge in [0.1, 0.15) is 17.4 Å². The van der Waals surface area contributed by atoms with Crippen LogP contribution in [-0.4, -0.2) is 32.4 Å². The van der Waals surface area contributed by atoms with E-state index in [2.05, 4.69) is 10.3 Å². The maximum Gasteiger partial charge on any atom is 0.326 e. The summed E-state index contributed by atoms with van der Waals surface area (Å²) in [5.41, 5.74) is 2.31. The lowest BCUT2D eigenvalue weighted by atomic mass is 10.1. The molecule has 0 bridgehead atoms. The van der Waals surface area contributed by atoms with Gasteiger partial charge in [-0.1, -0.05) is 48.9 Å². The first-order valence-corrected chi connectivity index (χ1v) is 8.61. The van der Waals surface area contributed by atoms with Gasteiger partial charge in [-0.3, -0.25) is 9.20 Å². The number of imidazole rings is 1. The van der Waals surface area contributed by atoms with E-state index >= 15 is 0 Å². The van der Waals surface area contributed by atoms with Crippen LogP contribution < -0.4 is 5.32 Å². The van der Waals surface area contributed by atoms with Crippen LogP contribution in [0.2, 0.25) is 5.02 Å². The minimum absolute atomic E-state index is 0.200. The molecule has 1 unspecified atom stereocenters. The zero-order valence-corrected chi connectivity index (χ0v) is 14.9. The van der Waals surface area contributed by atoms with Crippen molar-refractivity contribution in [1.82, 2.24) is 14.7 Å². The molecule has 7 heteroatoms. The van der Waals surface area contributed by atoms with E-state index in [4.69, 9.17) is 11.6 Å². The first-order valence-electron chi connectivity index (χ1n) is 8.23. The van der Waals surface area contributed by atoms with Crippen molar-refractivity contribution in [3.05, 3.63) is 70.6 Å². The molecule has 1 atom stereocenters. The number of carbonyl (C=O) groups is 2. The second-order valence-electron chi connectivity index (χ2n) is 5.89. The highest BCUT2D eigenvalue weighted by Gasteiger charge is 2.25. The summed E-state index contributed by atoms with van der Waals surface area (Å²) in [5.74, 6) is -1.56. The molecule has 1 amide bonds. The Morgan fingerprint density at radius 3 is 2.65 bits per heavy atom. The predicted octanol–water partition coefficient (Wildman–Crippen LogP) is 2.98. The molecule has 2 aromatic heterocycles. The van der Waals surface area contributed by atoms with Crippen molar-refractivity contribution in [2.75, 3.05) is 0 Å². The lowest BCUT2D eigenvalue weighted by molar-refractivity contribution is -0.139. The number of benzene rings is 1. The number of aryl methyl sites for hydroxylation is 1. The van der Waals surface area contributed by atoms with Crippen molar-refractivity contribution in [3.63, 3.8) is 0 Å². The van der Waals surface area contributed by atoms with Crippen molar-refractivity contribution < 1.29 is 14.7 Å². The summed E-state index contributed by atoms with van der Waals surface area (Å²) in [6.45, 7) is 1.89. The van der Waals surface area contributed by atoms with Crippen LogP contribution in [0.5, 0.6) is 0 Å². The third-order valence-electron chi connectivity index (χ3n) is 4.10. The van der Waals surface area contributed by atoms with Crippen LogP contribution in [0.3, 0.4) is 0 Å². The lowest BCUT2D eigenvalue weighted by Crippen LogP contribution is -2.43. The molecular formula is C19H18ClN3O3. The molecule has 0 spiro atoms. The summed E-state index contributed by atoms with van der Waals surface area (Å²) in [6.07, 6.45) is 2.40. The molecule has 0 radical (unpaired) electrons. The van der Waals surface area contributed by atoms with Gasteiger partial charge >= 0.3 is 5.97 Å². The quantitative estimate of drug-likeness (QED) is 0.697. The van der Waals surface area contributed by atoms with Crippen molar-refractivity contribution in [2.24, 2.45) is 0 Å². The van der Waals surface area contributed by atoms with Crippen LogP contribution in [0.15, 0.2) is 48.7 Å². The molecule has 6 nitrogen and oxygen atoms in total. The fourth-order valence-corrected chi connectivity index (χ4v) is 2.99. The van der Waals surface area contributed by atoms with Gasteiger partial charge in [0.25, 0.3) is 5.91 Å². The number of pyridine rings is 1. The average molecular weight is 372 g/mol. The first kappa shape index (κ1) is 17.9. The molecule has 0 aliphatic rings. The minimum atomic E-state index is -1.09. The summed E-state index contributed by atoms with van der Waals surface area (Å²) < 4.78 is 1.63. The van der Waals surface area contributed by atoms with Gasteiger partial charge in [-0.15, -0.1) is 0 Å². The number of amides is 1. The molecule has 134 valence electrons. The first-order chi connectivity index (χ1) is 12.5. The number of rotatable bonds is 6. The van der Waals surface area contributed by atoms with Crippen LogP contribution >= 0.6 is 11.6 Å². The largest absolute Gasteiger partial charge is 0.480 e. The summed E-state index contributed by atoms with van der Waals surface area (Å²) in [6, 6.07) is 11.5. The molecule has 0 aliphatic heterocycles. The number of nitrogens with one attached hydrogen (secondary N) is 1. The van der Waals surface area contributed by atoms with Gasteiger partial charge < -0.3 is 10.4 Å². The van der Waals surface area contributed by atoms with Gasteiger partial charge in [-0.2, -0.15) is 0 Å². The highest BCUT2D eigenvalue weighted by Crippen LogP contribution is 2.18. The van der Waals surface area contributed by atoms with Gasteiger partial charge in [0.15, 0.2) is 0 Å². The van der Waals surface area contributed by atoms with Crippen LogP contribution in [0, 0.1) is 0 Å². The maximum atomic E-state index is 12.8. The molecule has 1 aromatic carbocycles. The van der Waals surface area contributed by atoms with Gasteiger partial charge in [0, 0.05) is 23.7 Å². The van der Waals surface area contributed by atoms with E-state index in [0.29, 0.717) is 28.5 Å². The SMILES string of the molecule is CCc1nc2cc(Cl)ccn2c1C(=O)NC(Cc1ccccc1)C(=O)O. The number of carboxylic acids is 1. The standard InChI is InChI=1S/C19H18ClN3O3/c1-2-14-17(23-9-8-13(20)11-16(23)21-14)18(24)22-15(19(25)26)10-12-6-4-3-5-7-12/h3-9,11,15H,2,10H2,1H3,(H,22,24)(H,25,26). The van der Waals surface area contributed by atoms with Crippen LogP contribution in [0.1, 0.15) is 28.7 Å². The Morgan fingerprint density at radius 2 is 2.00 bits per heavy atom. The van der Waals surface area contributed by atoms with Crippen LogP contribution in [0.4, 0.5) is 0 Å². The van der Waals surface area contributed by atoms with E-state index < -0.39 is 17.9 Å². The van der Waals surface area contributed by atoms with Gasteiger partial charge in [0.2, 0.25) is 0 Å². The Labute approximate surface area is 155 Å². The van der Waals surface area contributed by atoms with Crippen molar-refractivity contribution in [2.45, 2.75) is 25.8 Å². The third-order valence-corrected chi connectivity index (χ3v) is 4.33. The molecule has 0 aliphatic carbocycles. The Bertz CT molecular complexity index is 953. The second kappa shape index (κ2) is 7.58. The van der Waals surface area contributed by atoms with Crippen LogP contribution in [0.25, 0.3) is 5.65 Å². The molecule has 0 saturated heterocycles.